The van der Waals surface area contributed by atoms with E-state index in [1.807, 2.05) is 13.1 Å². The van der Waals surface area contributed by atoms with E-state index in [-0.39, 0.29) is 30.0 Å². The highest BCUT2D eigenvalue weighted by atomic mass is 32.1. The second-order valence-corrected chi connectivity index (χ2v) is 9.36. The molecule has 0 spiro atoms. The highest BCUT2D eigenvalue weighted by Crippen LogP contribution is 2.30. The molecule has 4 rings (SSSR count). The van der Waals surface area contributed by atoms with Crippen molar-refractivity contribution in [3.63, 3.8) is 0 Å². The van der Waals surface area contributed by atoms with E-state index in [1.165, 1.54) is 24.4 Å². The quantitative estimate of drug-likeness (QED) is 0.594. The number of nitrogens with zero attached hydrogens (tertiary/aromatic N) is 3. The average molecular weight is 469 g/mol. The van der Waals surface area contributed by atoms with Crippen LogP contribution in [0.25, 0.3) is 10.2 Å². The van der Waals surface area contributed by atoms with E-state index in [2.05, 4.69) is 10.3 Å². The summed E-state index contributed by atoms with van der Waals surface area (Å²) in [6.07, 6.45) is 6.87. The Kier molecular flexibility index (Phi) is 6.78. The predicted octanol–water partition coefficient (Wildman–Crippen LogP) is 3.82. The van der Waals surface area contributed by atoms with Gasteiger partial charge in [-0.1, -0.05) is 31.4 Å². The number of amides is 2. The van der Waals surface area contributed by atoms with Gasteiger partial charge in [-0.25, -0.2) is 4.98 Å². The maximum atomic E-state index is 13.2. The first-order valence-corrected chi connectivity index (χ1v) is 11.9. The number of aryl methyl sites for hydroxylation is 1. The Morgan fingerprint density at radius 3 is 2.70 bits per heavy atom. The van der Waals surface area contributed by atoms with Crippen molar-refractivity contribution in [2.45, 2.75) is 51.6 Å². The minimum atomic E-state index is -0.334. The first-order chi connectivity index (χ1) is 15.9. The van der Waals surface area contributed by atoms with Crippen LogP contribution in [0.15, 0.2) is 35.4 Å². The number of anilines is 1. The molecular weight excluding hydrogens is 440 g/mol. The summed E-state index contributed by atoms with van der Waals surface area (Å²) in [5, 5.41) is 3.22. The standard InChI is InChI=1S/C24H28N4O4S/c1-15-20-23(33-21(15)22(30)26-17-11-7-8-12-18(17)32-3)25-14-28(24(20)31)13-19(29)27(2)16-9-5-4-6-10-16/h7-8,11-12,14,16H,4-6,9-10,13H2,1-3H3,(H,26,30). The number of para-hydroxylation sites is 2. The summed E-state index contributed by atoms with van der Waals surface area (Å²) >= 11 is 1.16. The fourth-order valence-electron chi connectivity index (χ4n) is 4.34. The molecule has 33 heavy (non-hydrogen) atoms. The van der Waals surface area contributed by atoms with Crippen molar-refractivity contribution >= 4 is 39.1 Å². The van der Waals surface area contributed by atoms with Gasteiger partial charge in [0.1, 0.15) is 17.1 Å². The van der Waals surface area contributed by atoms with E-state index in [4.69, 9.17) is 4.74 Å². The largest absolute Gasteiger partial charge is 0.495 e. The van der Waals surface area contributed by atoms with Crippen molar-refractivity contribution in [2.75, 3.05) is 19.5 Å². The molecule has 1 aliphatic carbocycles. The van der Waals surface area contributed by atoms with Crippen LogP contribution in [0, 0.1) is 6.92 Å². The summed E-state index contributed by atoms with van der Waals surface area (Å²) in [5.41, 5.74) is 0.793. The van der Waals surface area contributed by atoms with Gasteiger partial charge in [-0.05, 0) is 37.5 Å². The summed E-state index contributed by atoms with van der Waals surface area (Å²) in [6.45, 7) is 1.67. The number of hydrogen-bond donors (Lipinski definition) is 1. The highest BCUT2D eigenvalue weighted by molar-refractivity contribution is 7.20. The smallest absolute Gasteiger partial charge is 0.266 e. The van der Waals surface area contributed by atoms with Crippen LogP contribution in [0.4, 0.5) is 5.69 Å². The number of carbonyl (C=O) groups is 2. The number of nitrogens with one attached hydrogen (secondary N) is 1. The Morgan fingerprint density at radius 1 is 1.24 bits per heavy atom. The van der Waals surface area contributed by atoms with Crippen LogP contribution in [0.5, 0.6) is 5.75 Å². The number of hydrogen-bond acceptors (Lipinski definition) is 6. The second kappa shape index (κ2) is 9.74. The normalized spacial score (nSPS) is 14.3. The molecule has 174 valence electrons. The molecule has 2 heterocycles. The van der Waals surface area contributed by atoms with Crippen molar-refractivity contribution in [2.24, 2.45) is 0 Å². The minimum Gasteiger partial charge on any atom is -0.495 e. The van der Waals surface area contributed by atoms with Crippen LogP contribution in [-0.2, 0) is 11.3 Å². The number of likely N-dealkylation sites (N-methyl/N-ethyl adjacent to an activating group) is 1. The summed E-state index contributed by atoms with van der Waals surface area (Å²) in [4.78, 5) is 46.0. The second-order valence-electron chi connectivity index (χ2n) is 8.36. The number of benzene rings is 1. The molecule has 0 saturated heterocycles. The molecule has 1 saturated carbocycles. The third kappa shape index (κ3) is 4.64. The van der Waals surface area contributed by atoms with Gasteiger partial charge in [0.2, 0.25) is 5.91 Å². The number of ether oxygens (including phenoxy) is 1. The SMILES string of the molecule is COc1ccccc1NC(=O)c1sc2ncn(CC(=O)N(C)C3CCCCC3)c(=O)c2c1C. The zero-order chi connectivity index (χ0) is 23.5. The fraction of sp³-hybridized carbons (Fsp3) is 0.417. The van der Waals surface area contributed by atoms with Crippen molar-refractivity contribution in [3.05, 3.63) is 51.4 Å². The van der Waals surface area contributed by atoms with Crippen LogP contribution in [0.1, 0.15) is 47.3 Å². The summed E-state index contributed by atoms with van der Waals surface area (Å²) in [5.74, 6) is 0.108. The van der Waals surface area contributed by atoms with Crippen LogP contribution < -0.4 is 15.6 Å². The van der Waals surface area contributed by atoms with Crippen LogP contribution in [0.3, 0.4) is 0 Å². The highest BCUT2D eigenvalue weighted by Gasteiger charge is 2.24. The molecule has 0 atom stereocenters. The summed E-state index contributed by atoms with van der Waals surface area (Å²) in [6, 6.07) is 7.36. The molecular formula is C24H28N4O4S. The molecule has 0 radical (unpaired) electrons. The summed E-state index contributed by atoms with van der Waals surface area (Å²) < 4.78 is 6.63. The Hall–Kier alpha value is -3.20. The molecule has 2 aromatic heterocycles. The van der Waals surface area contributed by atoms with Crippen molar-refractivity contribution in [1.29, 1.82) is 0 Å². The number of thiophene rings is 1. The molecule has 2 amide bonds. The lowest BCUT2D eigenvalue weighted by Crippen LogP contribution is -2.41. The Morgan fingerprint density at radius 2 is 1.97 bits per heavy atom. The van der Waals surface area contributed by atoms with Gasteiger partial charge in [0.05, 0.1) is 29.4 Å². The van der Waals surface area contributed by atoms with Gasteiger partial charge in [-0.15, -0.1) is 11.3 Å². The van der Waals surface area contributed by atoms with Gasteiger partial charge >= 0.3 is 0 Å². The van der Waals surface area contributed by atoms with E-state index in [0.29, 0.717) is 32.1 Å². The van der Waals surface area contributed by atoms with Gasteiger partial charge in [0.15, 0.2) is 0 Å². The monoisotopic (exact) mass is 468 g/mol. The maximum Gasteiger partial charge on any atom is 0.266 e. The number of fused-ring (bicyclic) bond motifs is 1. The lowest BCUT2D eigenvalue weighted by atomic mass is 9.94. The number of rotatable bonds is 6. The molecule has 9 heteroatoms. The molecule has 0 unspecified atom stereocenters. The van der Waals surface area contributed by atoms with E-state index < -0.39 is 0 Å². The Bertz CT molecular complexity index is 1240. The van der Waals surface area contributed by atoms with Crippen molar-refractivity contribution < 1.29 is 14.3 Å². The molecule has 3 aromatic rings. The Labute approximate surface area is 196 Å². The average Bonchev–Trinajstić information content (AvgIpc) is 3.18. The molecule has 0 bridgehead atoms. The Balaban J connectivity index is 1.58. The number of carbonyl (C=O) groups excluding carboxylic acids is 2. The van der Waals surface area contributed by atoms with Gasteiger partial charge in [-0.2, -0.15) is 0 Å². The maximum absolute atomic E-state index is 13.2. The molecule has 1 aliphatic rings. The van der Waals surface area contributed by atoms with Gasteiger partial charge in [0.25, 0.3) is 11.5 Å². The van der Waals surface area contributed by atoms with Crippen molar-refractivity contribution in [3.8, 4) is 5.75 Å². The van der Waals surface area contributed by atoms with Crippen LogP contribution in [0.2, 0.25) is 0 Å². The van der Waals surface area contributed by atoms with Crippen LogP contribution >= 0.6 is 11.3 Å². The molecule has 0 aliphatic heterocycles. The van der Waals surface area contributed by atoms with E-state index in [9.17, 15) is 14.4 Å². The van der Waals surface area contributed by atoms with Gasteiger partial charge in [0, 0.05) is 13.1 Å². The van der Waals surface area contributed by atoms with Gasteiger partial charge in [-0.3, -0.25) is 19.0 Å². The van der Waals surface area contributed by atoms with Gasteiger partial charge < -0.3 is 15.0 Å². The predicted molar refractivity (Wildman–Crippen MR) is 129 cm³/mol. The zero-order valence-electron chi connectivity index (χ0n) is 19.1. The molecule has 1 aromatic carbocycles. The third-order valence-electron chi connectivity index (χ3n) is 6.30. The minimum absolute atomic E-state index is 0.0627. The molecule has 1 N–H and O–H groups in total. The lowest BCUT2D eigenvalue weighted by molar-refractivity contribution is -0.133. The number of methoxy groups -OCH3 is 1. The van der Waals surface area contributed by atoms with E-state index >= 15 is 0 Å². The third-order valence-corrected chi connectivity index (χ3v) is 7.50. The van der Waals surface area contributed by atoms with E-state index in [1.54, 1.807) is 30.0 Å². The topological polar surface area (TPSA) is 93.5 Å². The zero-order valence-corrected chi connectivity index (χ0v) is 19.9. The van der Waals surface area contributed by atoms with Crippen LogP contribution in [-0.4, -0.2) is 46.5 Å². The van der Waals surface area contributed by atoms with E-state index in [0.717, 1.165) is 37.0 Å². The first kappa shape index (κ1) is 23.0. The molecule has 1 fully saturated rings. The fourth-order valence-corrected chi connectivity index (χ4v) is 5.38. The first-order valence-electron chi connectivity index (χ1n) is 11.1. The number of aromatic nitrogens is 2. The summed E-state index contributed by atoms with van der Waals surface area (Å²) in [7, 11) is 3.35. The van der Waals surface area contributed by atoms with Crippen molar-refractivity contribution in [1.82, 2.24) is 14.5 Å². The lowest BCUT2D eigenvalue weighted by Gasteiger charge is -2.31. The molecule has 8 nitrogen and oxygen atoms in total.